The van der Waals surface area contributed by atoms with Crippen LogP contribution >= 0.6 is 11.3 Å². The number of carbonyl (C=O) groups excluding carboxylic acids is 1. The molecule has 1 saturated heterocycles. The molecule has 1 fully saturated rings. The first kappa shape index (κ1) is 17.9. The van der Waals surface area contributed by atoms with Crippen LogP contribution in [0, 0.1) is 6.92 Å². The van der Waals surface area contributed by atoms with E-state index >= 15 is 0 Å². The molecule has 1 aromatic carbocycles. The van der Waals surface area contributed by atoms with E-state index in [-0.39, 0.29) is 5.91 Å². The second kappa shape index (κ2) is 8.45. The molecule has 25 heavy (non-hydrogen) atoms. The van der Waals surface area contributed by atoms with Crippen molar-refractivity contribution in [2.24, 2.45) is 0 Å². The average molecular weight is 359 g/mol. The average Bonchev–Trinajstić information content (AvgIpc) is 3.09. The van der Waals surface area contributed by atoms with Crippen molar-refractivity contribution in [1.29, 1.82) is 0 Å². The zero-order valence-electron chi connectivity index (χ0n) is 14.7. The van der Waals surface area contributed by atoms with Crippen LogP contribution in [0.5, 0.6) is 5.75 Å². The van der Waals surface area contributed by atoms with E-state index in [1.165, 1.54) is 4.88 Å². The summed E-state index contributed by atoms with van der Waals surface area (Å²) in [4.78, 5) is 18.2. The fourth-order valence-corrected chi connectivity index (χ4v) is 3.99. The van der Waals surface area contributed by atoms with Crippen LogP contribution < -0.4 is 15.4 Å². The van der Waals surface area contributed by atoms with E-state index in [1.54, 1.807) is 11.3 Å². The van der Waals surface area contributed by atoms with E-state index in [2.05, 4.69) is 15.6 Å². The second-order valence-corrected chi connectivity index (χ2v) is 7.47. The minimum absolute atomic E-state index is 0.143. The van der Waals surface area contributed by atoms with Gasteiger partial charge in [-0.15, -0.1) is 11.3 Å². The molecule has 2 N–H and O–H groups in total. The molecule has 1 atom stereocenters. The Morgan fingerprint density at radius 3 is 2.96 bits per heavy atom. The standard InChI is InChI=1S/C19H25N3O2S/c1-3-16(24-15-6-4-5-13(2)11-15)18(23)22-19-21-12-17(25-19)14-7-9-20-10-8-14/h4-6,11-12,14,16,20H,3,7-10H2,1-2H3,(H,21,22,23). The van der Waals surface area contributed by atoms with E-state index in [0.29, 0.717) is 17.5 Å². The minimum atomic E-state index is -0.520. The van der Waals surface area contributed by atoms with Gasteiger partial charge in [0, 0.05) is 11.1 Å². The molecular weight excluding hydrogens is 334 g/mol. The van der Waals surface area contributed by atoms with Gasteiger partial charge in [0.05, 0.1) is 0 Å². The lowest BCUT2D eigenvalue weighted by atomic mass is 9.97. The van der Waals surface area contributed by atoms with Gasteiger partial charge in [0.25, 0.3) is 5.91 Å². The van der Waals surface area contributed by atoms with Crippen LogP contribution in [0.1, 0.15) is 42.5 Å². The maximum Gasteiger partial charge on any atom is 0.267 e. The molecule has 2 heterocycles. The predicted octanol–water partition coefficient (Wildman–Crippen LogP) is 3.71. The van der Waals surface area contributed by atoms with Crippen molar-refractivity contribution in [1.82, 2.24) is 10.3 Å². The summed E-state index contributed by atoms with van der Waals surface area (Å²) >= 11 is 1.58. The summed E-state index contributed by atoms with van der Waals surface area (Å²) < 4.78 is 5.86. The highest BCUT2D eigenvalue weighted by Crippen LogP contribution is 2.31. The Kier molecular flexibility index (Phi) is 6.04. The molecule has 3 rings (SSSR count). The summed E-state index contributed by atoms with van der Waals surface area (Å²) in [7, 11) is 0. The molecule has 1 aliphatic rings. The van der Waals surface area contributed by atoms with Crippen LogP contribution in [0.4, 0.5) is 5.13 Å². The summed E-state index contributed by atoms with van der Waals surface area (Å²) in [5, 5.41) is 6.94. The lowest BCUT2D eigenvalue weighted by Gasteiger charge is -2.20. The first-order chi connectivity index (χ1) is 12.2. The molecule has 0 spiro atoms. The van der Waals surface area contributed by atoms with Crippen molar-refractivity contribution in [3.63, 3.8) is 0 Å². The lowest BCUT2D eigenvalue weighted by molar-refractivity contribution is -0.122. The number of anilines is 1. The Morgan fingerprint density at radius 1 is 1.44 bits per heavy atom. The van der Waals surface area contributed by atoms with Crippen LogP contribution in [-0.4, -0.2) is 30.1 Å². The van der Waals surface area contributed by atoms with Gasteiger partial charge < -0.3 is 10.1 Å². The van der Waals surface area contributed by atoms with Crippen molar-refractivity contribution >= 4 is 22.4 Å². The van der Waals surface area contributed by atoms with Gasteiger partial charge in [0.15, 0.2) is 11.2 Å². The van der Waals surface area contributed by atoms with Crippen LogP contribution in [0.2, 0.25) is 0 Å². The van der Waals surface area contributed by atoms with Gasteiger partial charge in [-0.05, 0) is 62.9 Å². The summed E-state index contributed by atoms with van der Waals surface area (Å²) in [6.07, 6.45) is 4.24. The fourth-order valence-electron chi connectivity index (χ4n) is 3.00. The topological polar surface area (TPSA) is 63.2 Å². The number of thiazole rings is 1. The van der Waals surface area contributed by atoms with Gasteiger partial charge in [0.1, 0.15) is 5.75 Å². The Morgan fingerprint density at radius 2 is 2.24 bits per heavy atom. The molecule has 1 unspecified atom stereocenters. The number of aryl methyl sites for hydroxylation is 1. The fraction of sp³-hybridized carbons (Fsp3) is 0.474. The second-order valence-electron chi connectivity index (χ2n) is 6.41. The van der Waals surface area contributed by atoms with Gasteiger partial charge in [-0.3, -0.25) is 10.1 Å². The molecule has 0 saturated carbocycles. The zero-order chi connectivity index (χ0) is 17.6. The lowest BCUT2D eigenvalue weighted by Crippen LogP contribution is -2.32. The van der Waals surface area contributed by atoms with E-state index in [4.69, 9.17) is 4.74 Å². The number of nitrogens with one attached hydrogen (secondary N) is 2. The highest BCUT2D eigenvalue weighted by molar-refractivity contribution is 7.15. The third-order valence-electron chi connectivity index (χ3n) is 4.43. The molecule has 5 nitrogen and oxygen atoms in total. The van der Waals surface area contributed by atoms with Crippen LogP contribution in [0.3, 0.4) is 0 Å². The molecule has 0 radical (unpaired) electrons. The quantitative estimate of drug-likeness (QED) is 0.825. The van der Waals surface area contributed by atoms with Crippen molar-refractivity contribution in [2.45, 2.75) is 45.1 Å². The van der Waals surface area contributed by atoms with Crippen molar-refractivity contribution in [3.8, 4) is 5.75 Å². The Labute approximate surface area is 152 Å². The van der Waals surface area contributed by atoms with Crippen molar-refractivity contribution in [2.75, 3.05) is 18.4 Å². The van der Waals surface area contributed by atoms with Gasteiger partial charge in [-0.1, -0.05) is 19.1 Å². The molecule has 1 amide bonds. The van der Waals surface area contributed by atoms with E-state index < -0.39 is 6.10 Å². The number of hydrogen-bond acceptors (Lipinski definition) is 5. The molecule has 0 bridgehead atoms. The molecule has 1 aliphatic heterocycles. The highest BCUT2D eigenvalue weighted by Gasteiger charge is 2.22. The number of carbonyl (C=O) groups is 1. The molecule has 134 valence electrons. The van der Waals surface area contributed by atoms with Gasteiger partial charge in [-0.25, -0.2) is 4.98 Å². The number of ether oxygens (including phenoxy) is 1. The third kappa shape index (κ3) is 4.80. The molecule has 2 aromatic rings. The molecular formula is C19H25N3O2S. The number of hydrogen-bond donors (Lipinski definition) is 2. The van der Waals surface area contributed by atoms with Crippen LogP contribution in [0.15, 0.2) is 30.5 Å². The molecule has 1 aromatic heterocycles. The normalized spacial score (nSPS) is 16.4. The number of aromatic nitrogens is 1. The zero-order valence-corrected chi connectivity index (χ0v) is 15.6. The van der Waals surface area contributed by atoms with Gasteiger partial charge in [0.2, 0.25) is 0 Å². The number of benzene rings is 1. The highest BCUT2D eigenvalue weighted by atomic mass is 32.1. The summed E-state index contributed by atoms with van der Waals surface area (Å²) in [6.45, 7) is 6.05. The maximum atomic E-state index is 12.5. The Bertz CT molecular complexity index is 710. The predicted molar refractivity (Wildman–Crippen MR) is 101 cm³/mol. The molecule has 0 aliphatic carbocycles. The van der Waals surface area contributed by atoms with E-state index in [0.717, 1.165) is 37.2 Å². The number of rotatable bonds is 6. The van der Waals surface area contributed by atoms with Crippen molar-refractivity contribution in [3.05, 3.63) is 40.9 Å². The number of piperidine rings is 1. The maximum absolute atomic E-state index is 12.5. The largest absolute Gasteiger partial charge is 0.481 e. The number of amides is 1. The third-order valence-corrected chi connectivity index (χ3v) is 5.50. The summed E-state index contributed by atoms with van der Waals surface area (Å²) in [6, 6.07) is 7.75. The van der Waals surface area contributed by atoms with Crippen LogP contribution in [-0.2, 0) is 4.79 Å². The first-order valence-electron chi connectivity index (χ1n) is 8.86. The monoisotopic (exact) mass is 359 g/mol. The van der Waals surface area contributed by atoms with Gasteiger partial charge in [-0.2, -0.15) is 0 Å². The van der Waals surface area contributed by atoms with Crippen LogP contribution in [0.25, 0.3) is 0 Å². The summed E-state index contributed by atoms with van der Waals surface area (Å²) in [5.41, 5.74) is 1.11. The first-order valence-corrected chi connectivity index (χ1v) is 9.68. The Balaban J connectivity index is 1.61. The van der Waals surface area contributed by atoms with E-state index in [1.807, 2.05) is 44.3 Å². The summed E-state index contributed by atoms with van der Waals surface area (Å²) in [5.74, 6) is 1.13. The minimum Gasteiger partial charge on any atom is -0.481 e. The van der Waals surface area contributed by atoms with Crippen molar-refractivity contribution < 1.29 is 9.53 Å². The number of nitrogens with zero attached hydrogens (tertiary/aromatic N) is 1. The van der Waals surface area contributed by atoms with E-state index in [9.17, 15) is 4.79 Å². The SMILES string of the molecule is CCC(Oc1cccc(C)c1)C(=O)Nc1ncc(C2CCNCC2)s1. The van der Waals surface area contributed by atoms with Gasteiger partial charge >= 0.3 is 0 Å². The Hall–Kier alpha value is -1.92. The smallest absolute Gasteiger partial charge is 0.267 e. The molecule has 6 heteroatoms.